The summed E-state index contributed by atoms with van der Waals surface area (Å²) in [4.78, 5) is 68.4. The molecule has 0 aromatic rings. The van der Waals surface area contributed by atoms with Gasteiger partial charge in [0.2, 0.25) is 0 Å². The fourth-order valence-electron chi connectivity index (χ4n) is 1.84. The summed E-state index contributed by atoms with van der Waals surface area (Å²) in [7, 11) is 0. The molecule has 0 spiro atoms. The van der Waals surface area contributed by atoms with Crippen LogP contribution < -0.4 is 0 Å². The predicted octanol–water partition coefficient (Wildman–Crippen LogP) is -2.06. The Kier molecular flexibility index (Phi) is 10.4. The minimum atomic E-state index is -1.26. The van der Waals surface area contributed by atoms with Gasteiger partial charge in [-0.15, -0.1) is 0 Å². The van der Waals surface area contributed by atoms with Gasteiger partial charge >= 0.3 is 35.8 Å². The topological polar surface area (TPSA) is 168 Å². The molecule has 0 radical (unpaired) electrons. The van der Waals surface area contributed by atoms with Gasteiger partial charge in [0.25, 0.3) is 0 Å². The van der Waals surface area contributed by atoms with Crippen molar-refractivity contribution in [1.29, 1.82) is 0 Å². The van der Waals surface area contributed by atoms with Crippen LogP contribution in [0, 0.1) is 0 Å². The third-order valence-corrected chi connectivity index (χ3v) is 2.67. The van der Waals surface area contributed by atoms with E-state index >= 15 is 0 Å². The molecule has 0 aliphatic carbocycles. The van der Waals surface area contributed by atoms with Crippen LogP contribution in [0.2, 0.25) is 0 Å². The zero-order valence-corrected chi connectivity index (χ0v) is 14.3. The summed E-state index contributed by atoms with van der Waals surface area (Å²) < 4.78 is 8.68. The molecule has 0 saturated heterocycles. The van der Waals surface area contributed by atoms with Crippen LogP contribution in [-0.4, -0.2) is 95.1 Å². The van der Waals surface area contributed by atoms with Gasteiger partial charge in [-0.1, -0.05) is 0 Å². The number of carbonyl (C=O) groups excluding carboxylic acids is 4. The van der Waals surface area contributed by atoms with Crippen LogP contribution in [0.15, 0.2) is 0 Å². The van der Waals surface area contributed by atoms with Crippen molar-refractivity contribution in [3.05, 3.63) is 0 Å². The standard InChI is InChI=1S/C14H20N2O10/c1-9(17)25-13(23)7-16(8-14(24)26-10(2)18)4-3-15(5-11(19)20)6-12(21)22/h3-8H2,1-2H3,(H,19,20)(H,21,22). The van der Waals surface area contributed by atoms with Crippen molar-refractivity contribution in [2.45, 2.75) is 13.8 Å². The van der Waals surface area contributed by atoms with Gasteiger partial charge in [0.05, 0.1) is 26.2 Å². The highest BCUT2D eigenvalue weighted by Crippen LogP contribution is 1.97. The Morgan fingerprint density at radius 3 is 1.23 bits per heavy atom. The summed E-state index contributed by atoms with van der Waals surface area (Å²) in [5, 5.41) is 17.6. The molecule has 12 heteroatoms. The normalized spacial score (nSPS) is 10.5. The first-order valence-corrected chi connectivity index (χ1v) is 7.30. The second kappa shape index (κ2) is 11.7. The number of carboxylic acids is 2. The maximum Gasteiger partial charge on any atom is 0.327 e. The van der Waals surface area contributed by atoms with E-state index in [1.165, 1.54) is 0 Å². The Bertz CT molecular complexity index is 528. The molecule has 0 saturated carbocycles. The Balaban J connectivity index is 4.93. The molecule has 0 aromatic carbocycles. The third kappa shape index (κ3) is 12.5. The molecule has 0 aliphatic heterocycles. The van der Waals surface area contributed by atoms with Crippen LogP contribution in [0.25, 0.3) is 0 Å². The van der Waals surface area contributed by atoms with Crippen LogP contribution >= 0.6 is 0 Å². The smallest absolute Gasteiger partial charge is 0.327 e. The van der Waals surface area contributed by atoms with Crippen LogP contribution in [0.5, 0.6) is 0 Å². The SMILES string of the molecule is CC(=O)OC(=O)CN(CCN(CC(=O)O)CC(=O)O)CC(=O)OC(C)=O. The molecule has 0 rings (SSSR count). The van der Waals surface area contributed by atoms with Crippen LogP contribution in [-0.2, 0) is 38.2 Å². The Labute approximate surface area is 148 Å². The molecular weight excluding hydrogens is 356 g/mol. The van der Waals surface area contributed by atoms with E-state index in [1.54, 1.807) is 0 Å². The number of nitrogens with zero attached hydrogens (tertiary/aromatic N) is 2. The molecule has 0 atom stereocenters. The average molecular weight is 376 g/mol. The van der Waals surface area contributed by atoms with Crippen molar-refractivity contribution < 1.29 is 48.5 Å². The quantitative estimate of drug-likeness (QED) is 0.299. The predicted molar refractivity (Wildman–Crippen MR) is 81.7 cm³/mol. The van der Waals surface area contributed by atoms with E-state index in [0.29, 0.717) is 0 Å². The number of esters is 4. The lowest BCUT2D eigenvalue weighted by Gasteiger charge is -2.24. The zero-order chi connectivity index (χ0) is 20.3. The molecule has 0 fully saturated rings. The summed E-state index contributed by atoms with van der Waals surface area (Å²) in [6.07, 6.45) is 0. The van der Waals surface area contributed by atoms with Crippen molar-refractivity contribution >= 4 is 35.8 Å². The summed E-state index contributed by atoms with van der Waals surface area (Å²) in [5.41, 5.74) is 0. The number of rotatable bonds is 11. The molecule has 0 unspecified atom stereocenters. The van der Waals surface area contributed by atoms with Crippen LogP contribution in [0.1, 0.15) is 13.8 Å². The minimum Gasteiger partial charge on any atom is -0.480 e. The molecule has 12 nitrogen and oxygen atoms in total. The molecule has 146 valence electrons. The van der Waals surface area contributed by atoms with E-state index in [2.05, 4.69) is 9.47 Å². The van der Waals surface area contributed by atoms with Crippen molar-refractivity contribution in [1.82, 2.24) is 9.80 Å². The molecule has 0 aliphatic rings. The number of hydrogen-bond donors (Lipinski definition) is 2. The van der Waals surface area contributed by atoms with E-state index < -0.39 is 62.0 Å². The summed E-state index contributed by atoms with van der Waals surface area (Å²) in [5.74, 6) is -6.19. The van der Waals surface area contributed by atoms with E-state index in [0.717, 1.165) is 23.6 Å². The van der Waals surface area contributed by atoms with Gasteiger partial charge < -0.3 is 19.7 Å². The largest absolute Gasteiger partial charge is 0.480 e. The number of ether oxygens (including phenoxy) is 2. The summed E-state index contributed by atoms with van der Waals surface area (Å²) >= 11 is 0. The second-order valence-electron chi connectivity index (χ2n) is 5.14. The number of carbonyl (C=O) groups is 6. The molecule has 26 heavy (non-hydrogen) atoms. The van der Waals surface area contributed by atoms with Gasteiger partial charge in [-0.25, -0.2) is 0 Å². The summed E-state index contributed by atoms with van der Waals surface area (Å²) in [6, 6.07) is 0. The average Bonchev–Trinajstić information content (AvgIpc) is 2.41. The van der Waals surface area contributed by atoms with Crippen LogP contribution in [0.4, 0.5) is 0 Å². The van der Waals surface area contributed by atoms with Crippen molar-refractivity contribution in [2.75, 3.05) is 39.3 Å². The first kappa shape index (κ1) is 23.1. The van der Waals surface area contributed by atoms with Crippen LogP contribution in [0.3, 0.4) is 0 Å². The monoisotopic (exact) mass is 376 g/mol. The van der Waals surface area contributed by atoms with E-state index in [1.807, 2.05) is 0 Å². The Morgan fingerprint density at radius 2 is 0.962 bits per heavy atom. The van der Waals surface area contributed by atoms with E-state index in [-0.39, 0.29) is 13.1 Å². The Morgan fingerprint density at radius 1 is 0.654 bits per heavy atom. The first-order valence-electron chi connectivity index (χ1n) is 7.30. The number of hydrogen-bond acceptors (Lipinski definition) is 10. The Hall–Kier alpha value is -2.86. The fraction of sp³-hybridized carbons (Fsp3) is 0.571. The van der Waals surface area contributed by atoms with Gasteiger partial charge in [-0.3, -0.25) is 38.6 Å². The lowest BCUT2D eigenvalue weighted by molar-refractivity contribution is -0.160. The highest BCUT2D eigenvalue weighted by atomic mass is 16.6. The zero-order valence-electron chi connectivity index (χ0n) is 14.3. The van der Waals surface area contributed by atoms with Gasteiger partial charge in [0, 0.05) is 26.9 Å². The van der Waals surface area contributed by atoms with E-state index in [9.17, 15) is 28.8 Å². The molecule has 0 bridgehead atoms. The molecule has 0 amide bonds. The lowest BCUT2D eigenvalue weighted by Crippen LogP contribution is -2.44. The van der Waals surface area contributed by atoms with Crippen molar-refractivity contribution in [3.63, 3.8) is 0 Å². The maximum atomic E-state index is 11.6. The van der Waals surface area contributed by atoms with E-state index in [4.69, 9.17) is 10.2 Å². The highest BCUT2D eigenvalue weighted by molar-refractivity contribution is 5.87. The van der Waals surface area contributed by atoms with Crippen molar-refractivity contribution in [2.24, 2.45) is 0 Å². The minimum absolute atomic E-state index is 0.124. The number of carboxylic acid groups (broad SMARTS) is 2. The third-order valence-electron chi connectivity index (χ3n) is 2.67. The maximum absolute atomic E-state index is 11.6. The second-order valence-corrected chi connectivity index (χ2v) is 5.14. The van der Waals surface area contributed by atoms with Gasteiger partial charge in [0.15, 0.2) is 0 Å². The fourth-order valence-corrected chi connectivity index (χ4v) is 1.84. The van der Waals surface area contributed by atoms with Gasteiger partial charge in [-0.05, 0) is 0 Å². The molecule has 0 aromatic heterocycles. The molecule has 0 heterocycles. The highest BCUT2D eigenvalue weighted by Gasteiger charge is 2.21. The van der Waals surface area contributed by atoms with Crippen molar-refractivity contribution in [3.8, 4) is 0 Å². The summed E-state index contributed by atoms with van der Waals surface area (Å²) in [6.45, 7) is -0.436. The molecule has 2 N–H and O–H groups in total. The van der Waals surface area contributed by atoms with Gasteiger partial charge in [0.1, 0.15) is 0 Å². The first-order chi connectivity index (χ1) is 12.0. The molecular formula is C14H20N2O10. The number of aliphatic carboxylic acids is 2. The van der Waals surface area contributed by atoms with Gasteiger partial charge in [-0.2, -0.15) is 0 Å². The lowest BCUT2D eigenvalue weighted by atomic mass is 10.4.